The van der Waals surface area contributed by atoms with Crippen molar-refractivity contribution in [3.63, 3.8) is 0 Å². The molecule has 3 amide bonds. The van der Waals surface area contributed by atoms with Gasteiger partial charge in [-0.2, -0.15) is 13.2 Å². The summed E-state index contributed by atoms with van der Waals surface area (Å²) in [6.07, 6.45) is -3.16. The van der Waals surface area contributed by atoms with E-state index in [4.69, 9.17) is 17.3 Å². The zero-order valence-corrected chi connectivity index (χ0v) is 28.0. The van der Waals surface area contributed by atoms with Gasteiger partial charge < -0.3 is 30.7 Å². The Kier molecular flexibility index (Phi) is 10.2. The number of nitrogens with one attached hydrogen (secondary N) is 2. The topological polar surface area (TPSA) is 126 Å². The number of benzene rings is 2. The second-order valence-corrected chi connectivity index (χ2v) is 12.5. The van der Waals surface area contributed by atoms with E-state index in [-0.39, 0.29) is 22.3 Å². The van der Waals surface area contributed by atoms with Crippen molar-refractivity contribution < 1.29 is 31.9 Å². The van der Waals surface area contributed by atoms with E-state index in [9.17, 15) is 31.9 Å². The third kappa shape index (κ3) is 7.74. The summed E-state index contributed by atoms with van der Waals surface area (Å²) >= 11 is 6.48. The minimum Gasteiger partial charge on any atom is -0.383 e. The second kappa shape index (κ2) is 14.2. The van der Waals surface area contributed by atoms with Gasteiger partial charge in [-0.3, -0.25) is 14.4 Å². The molecule has 0 spiro atoms. The molecule has 5 rings (SSSR count). The van der Waals surface area contributed by atoms with Crippen LogP contribution in [0.15, 0.2) is 61.1 Å². The maximum absolute atomic E-state index is 13.3. The van der Waals surface area contributed by atoms with Crippen LogP contribution in [0.3, 0.4) is 0 Å². The van der Waals surface area contributed by atoms with E-state index in [0.29, 0.717) is 63.5 Å². The number of halogens is 5. The Labute approximate surface area is 289 Å². The molecule has 0 bridgehead atoms. The Bertz CT molecular complexity index is 2080. The van der Waals surface area contributed by atoms with Crippen LogP contribution in [0.1, 0.15) is 15.9 Å². The Morgan fingerprint density at radius 3 is 2.38 bits per heavy atom. The molecule has 15 heteroatoms. The predicted molar refractivity (Wildman–Crippen MR) is 184 cm³/mol. The Balaban J connectivity index is 1.62. The summed E-state index contributed by atoms with van der Waals surface area (Å²) in [6, 6.07) is 10.7. The molecule has 1 saturated heterocycles. The van der Waals surface area contributed by atoms with Crippen molar-refractivity contribution in [2.75, 3.05) is 51.3 Å². The van der Waals surface area contributed by atoms with Crippen LogP contribution < -0.4 is 16.4 Å². The molecule has 0 aliphatic carbocycles. The van der Waals surface area contributed by atoms with Gasteiger partial charge in [0.15, 0.2) is 5.83 Å². The fraction of sp³-hybridized carbons (Fsp3) is 0.257. The molecule has 0 unspecified atom stereocenters. The van der Waals surface area contributed by atoms with Crippen molar-refractivity contribution in [3.8, 4) is 34.2 Å². The first kappa shape index (κ1) is 35.9. The molecular formula is C35H32ClF4N7O3. The van der Waals surface area contributed by atoms with E-state index in [0.717, 1.165) is 6.54 Å². The van der Waals surface area contributed by atoms with Gasteiger partial charge >= 0.3 is 6.18 Å². The van der Waals surface area contributed by atoms with E-state index < -0.39 is 30.4 Å². The van der Waals surface area contributed by atoms with Crippen molar-refractivity contribution in [3.05, 3.63) is 77.2 Å². The number of carbonyl (C=O) groups excluding carboxylic acids is 3. The summed E-state index contributed by atoms with van der Waals surface area (Å²) in [4.78, 5) is 45.4. The van der Waals surface area contributed by atoms with Crippen LogP contribution in [-0.4, -0.2) is 83.5 Å². The molecule has 4 aromatic rings. The first-order valence-corrected chi connectivity index (χ1v) is 15.6. The van der Waals surface area contributed by atoms with Gasteiger partial charge in [-0.1, -0.05) is 42.3 Å². The minimum atomic E-state index is -4.61. The molecule has 1 aliphatic heterocycles. The first-order chi connectivity index (χ1) is 23.5. The average molecular weight is 710 g/mol. The van der Waals surface area contributed by atoms with Crippen LogP contribution in [-0.2, 0) is 16.6 Å². The van der Waals surface area contributed by atoms with Crippen LogP contribution >= 0.6 is 11.6 Å². The number of hydrogen-bond acceptors (Lipinski definition) is 6. The third-order valence-electron chi connectivity index (χ3n) is 8.02. The number of aryl methyl sites for hydroxylation is 1. The van der Waals surface area contributed by atoms with E-state index in [1.165, 1.54) is 24.4 Å². The number of aromatic nitrogens is 2. The molecule has 1 aliphatic rings. The fourth-order valence-corrected chi connectivity index (χ4v) is 6.09. The van der Waals surface area contributed by atoms with Crippen LogP contribution in [0.5, 0.6) is 0 Å². The Morgan fingerprint density at radius 1 is 1.12 bits per heavy atom. The van der Waals surface area contributed by atoms with Gasteiger partial charge in [-0.05, 0) is 49.5 Å². The average Bonchev–Trinajstić information content (AvgIpc) is 3.34. The molecule has 1 fully saturated rings. The van der Waals surface area contributed by atoms with Crippen LogP contribution in [0, 0.1) is 17.8 Å². The van der Waals surface area contributed by atoms with Gasteiger partial charge in [-0.25, -0.2) is 9.37 Å². The molecule has 3 heterocycles. The zero-order valence-electron chi connectivity index (χ0n) is 27.2. The largest absolute Gasteiger partial charge is 0.405 e. The fourth-order valence-electron chi connectivity index (χ4n) is 5.83. The number of alkyl halides is 3. The van der Waals surface area contributed by atoms with Crippen molar-refractivity contribution in [1.29, 1.82) is 0 Å². The van der Waals surface area contributed by atoms with Crippen LogP contribution in [0.25, 0.3) is 33.3 Å². The highest BCUT2D eigenvalue weighted by Gasteiger charge is 2.31. The van der Waals surface area contributed by atoms with Crippen molar-refractivity contribution >= 4 is 51.7 Å². The number of rotatable bonds is 8. The number of fused-ring (bicyclic) bond motifs is 1. The Hall–Kier alpha value is -5.39. The van der Waals surface area contributed by atoms with Gasteiger partial charge in [0.25, 0.3) is 17.7 Å². The lowest BCUT2D eigenvalue weighted by atomic mass is 9.96. The van der Waals surface area contributed by atoms with Crippen LogP contribution in [0.2, 0.25) is 5.02 Å². The maximum atomic E-state index is 13.3. The van der Waals surface area contributed by atoms with Gasteiger partial charge in [0.1, 0.15) is 12.4 Å². The highest BCUT2D eigenvalue weighted by Crippen LogP contribution is 2.44. The molecule has 50 heavy (non-hydrogen) atoms. The number of pyridine rings is 1. The molecule has 4 N–H and O–H groups in total. The number of anilines is 2. The smallest absolute Gasteiger partial charge is 0.383 e. The Morgan fingerprint density at radius 2 is 1.78 bits per heavy atom. The van der Waals surface area contributed by atoms with Crippen molar-refractivity contribution in [2.45, 2.75) is 6.18 Å². The van der Waals surface area contributed by atoms with Crippen molar-refractivity contribution in [2.24, 2.45) is 13.0 Å². The highest BCUT2D eigenvalue weighted by molar-refractivity contribution is 6.34. The molecule has 10 nitrogen and oxygen atoms in total. The molecule has 0 saturated carbocycles. The molecule has 0 atom stereocenters. The van der Waals surface area contributed by atoms with Gasteiger partial charge in [0, 0.05) is 56.0 Å². The summed E-state index contributed by atoms with van der Waals surface area (Å²) in [6.45, 7) is 3.52. The number of likely N-dealkylation sites (tertiary alicyclic amines) is 1. The highest BCUT2D eigenvalue weighted by atomic mass is 35.5. The summed E-state index contributed by atoms with van der Waals surface area (Å²) < 4.78 is 53.3. The normalized spacial score (nSPS) is 13.1. The molecular weight excluding hydrogens is 678 g/mol. The second-order valence-electron chi connectivity index (χ2n) is 12.1. The molecule has 0 radical (unpaired) electrons. The number of nitrogen functional groups attached to an aromatic ring is 1. The summed E-state index contributed by atoms with van der Waals surface area (Å²) in [5.41, 5.74) is 9.59. The zero-order chi connectivity index (χ0) is 36.5. The van der Waals surface area contributed by atoms with Crippen molar-refractivity contribution in [1.82, 2.24) is 24.7 Å². The van der Waals surface area contributed by atoms with E-state index >= 15 is 0 Å². The van der Waals surface area contributed by atoms with Gasteiger partial charge in [0.05, 0.1) is 32.7 Å². The lowest BCUT2D eigenvalue weighted by molar-refractivity contribution is -0.131. The number of nitrogens with zero attached hydrogens (tertiary/aromatic N) is 4. The van der Waals surface area contributed by atoms with E-state index in [1.807, 2.05) is 19.4 Å². The SMILES string of the molecule is C=C(F)C(=O)Nc1ccc(-c2c(-c3ccc(C(=O)NCC(F)(F)F)c(Cl)c3)c3c(N)ncc(C#CC(=O)N4CC(CN(C)C)C4)c3n2C)cc1. The summed E-state index contributed by atoms with van der Waals surface area (Å²) in [5, 5.41) is 4.52. The van der Waals surface area contributed by atoms with E-state index in [1.54, 1.807) is 40.8 Å². The molecule has 2 aromatic heterocycles. The molecule has 260 valence electrons. The lowest BCUT2D eigenvalue weighted by Crippen LogP contribution is -2.52. The summed E-state index contributed by atoms with van der Waals surface area (Å²) in [5.74, 6) is 2.64. The summed E-state index contributed by atoms with van der Waals surface area (Å²) in [7, 11) is 5.69. The maximum Gasteiger partial charge on any atom is 0.405 e. The minimum absolute atomic E-state index is 0.108. The number of hydrogen-bond donors (Lipinski definition) is 3. The standard InChI is InChI=1S/C35H32ClF4N7O3/c1-19(37)33(49)44-24-9-5-21(6-10-24)30-28(22-7-11-25(26(36)13-22)34(50)43-18-35(38,39)40)29-31(46(30)4)23(14-42-32(29)41)8-12-27(48)47-16-20(17-47)15-45(2)3/h5-7,9-11,13-14,20H,1,15-18H2,2-4H3,(H2,41,42)(H,43,50)(H,44,49). The van der Waals surface area contributed by atoms with E-state index in [2.05, 4.69) is 33.6 Å². The lowest BCUT2D eigenvalue weighted by Gasteiger charge is -2.39. The van der Waals surface area contributed by atoms with Gasteiger partial charge in [0.2, 0.25) is 0 Å². The molecule has 2 aromatic carbocycles. The quantitative estimate of drug-likeness (QED) is 0.131. The first-order valence-electron chi connectivity index (χ1n) is 15.2. The number of amides is 3. The number of carbonyl (C=O) groups is 3. The number of nitrogens with two attached hydrogens (primary N) is 1. The monoisotopic (exact) mass is 709 g/mol. The predicted octanol–water partition coefficient (Wildman–Crippen LogP) is 5.23. The third-order valence-corrected chi connectivity index (χ3v) is 8.34. The van der Waals surface area contributed by atoms with Crippen LogP contribution in [0.4, 0.5) is 29.1 Å². The van der Waals surface area contributed by atoms with Gasteiger partial charge in [-0.15, -0.1) is 0 Å².